The van der Waals surface area contributed by atoms with Crippen molar-refractivity contribution < 1.29 is 4.79 Å². The molecule has 3 rings (SSSR count). The van der Waals surface area contributed by atoms with E-state index in [4.69, 9.17) is 0 Å². The number of fused-ring (bicyclic) bond motifs is 1. The van der Waals surface area contributed by atoms with Crippen molar-refractivity contribution in [2.45, 2.75) is 12.5 Å². The van der Waals surface area contributed by atoms with E-state index in [0.29, 0.717) is 6.42 Å². The molecule has 1 N–H and O–H groups in total. The Balaban J connectivity index is 1.77. The van der Waals surface area contributed by atoms with Crippen LogP contribution in [-0.2, 0) is 11.2 Å². The highest BCUT2D eigenvalue weighted by Gasteiger charge is 2.16. The molecule has 1 aromatic heterocycles. The van der Waals surface area contributed by atoms with E-state index in [9.17, 15) is 4.79 Å². The van der Waals surface area contributed by atoms with Gasteiger partial charge in [0.15, 0.2) is 0 Å². The minimum Gasteiger partial charge on any atom is -0.348 e. The van der Waals surface area contributed by atoms with Crippen LogP contribution in [0, 0.1) is 0 Å². The minimum absolute atomic E-state index is 0.00820. The molecule has 0 fully saturated rings. The largest absolute Gasteiger partial charge is 0.348 e. The smallest absolute Gasteiger partial charge is 0.225 e. The van der Waals surface area contributed by atoms with Crippen molar-refractivity contribution in [1.29, 1.82) is 0 Å². The molecule has 4 nitrogen and oxygen atoms in total. The molecule has 0 radical (unpaired) electrons. The van der Waals surface area contributed by atoms with E-state index in [1.807, 2.05) is 74.8 Å². The van der Waals surface area contributed by atoms with Crippen LogP contribution in [0.4, 0.5) is 0 Å². The molecule has 0 bridgehead atoms. The molecule has 0 aliphatic carbocycles. The van der Waals surface area contributed by atoms with Crippen molar-refractivity contribution in [2.24, 2.45) is 0 Å². The van der Waals surface area contributed by atoms with Crippen molar-refractivity contribution in [2.75, 3.05) is 20.6 Å². The lowest BCUT2D eigenvalue weighted by Crippen LogP contribution is -2.36. The minimum atomic E-state index is -0.0355. The number of carbonyl (C=O) groups excluding carboxylic acids is 1. The molecule has 0 aliphatic rings. The summed E-state index contributed by atoms with van der Waals surface area (Å²) in [6.07, 6.45) is 2.09. The predicted octanol–water partition coefficient (Wildman–Crippen LogP) is 3.20. The van der Waals surface area contributed by atoms with E-state index in [0.717, 1.165) is 28.6 Å². The lowest BCUT2D eigenvalue weighted by molar-refractivity contribution is -0.121. The summed E-state index contributed by atoms with van der Waals surface area (Å²) in [4.78, 5) is 19.2. The molecule has 1 amide bonds. The van der Waals surface area contributed by atoms with Crippen LogP contribution in [0.5, 0.6) is 0 Å². The quantitative estimate of drug-likeness (QED) is 0.753. The summed E-state index contributed by atoms with van der Waals surface area (Å²) < 4.78 is 0. The molecule has 128 valence electrons. The van der Waals surface area contributed by atoms with Crippen LogP contribution in [0.1, 0.15) is 17.2 Å². The van der Waals surface area contributed by atoms with Gasteiger partial charge in [0.1, 0.15) is 0 Å². The third-order valence-corrected chi connectivity index (χ3v) is 4.15. The number of nitrogens with one attached hydrogen (secondary N) is 1. The first-order valence-electron chi connectivity index (χ1n) is 8.45. The first-order chi connectivity index (χ1) is 12.1. The maximum absolute atomic E-state index is 12.7. The van der Waals surface area contributed by atoms with Gasteiger partial charge in [-0.2, -0.15) is 0 Å². The third-order valence-electron chi connectivity index (χ3n) is 4.15. The fraction of sp³-hybridized carbons (Fsp3) is 0.238. The summed E-state index contributed by atoms with van der Waals surface area (Å²) in [5.41, 5.74) is 2.96. The van der Waals surface area contributed by atoms with Crippen molar-refractivity contribution in [1.82, 2.24) is 15.2 Å². The first kappa shape index (κ1) is 17.1. The van der Waals surface area contributed by atoms with Gasteiger partial charge in [0.2, 0.25) is 5.91 Å². The maximum Gasteiger partial charge on any atom is 0.225 e. The van der Waals surface area contributed by atoms with E-state index in [-0.39, 0.29) is 11.9 Å². The van der Waals surface area contributed by atoms with Gasteiger partial charge in [-0.05, 0) is 31.3 Å². The second kappa shape index (κ2) is 7.90. The van der Waals surface area contributed by atoms with Crippen LogP contribution in [-0.4, -0.2) is 36.4 Å². The van der Waals surface area contributed by atoms with E-state index in [2.05, 4.69) is 15.2 Å². The summed E-state index contributed by atoms with van der Waals surface area (Å²) in [5, 5.41) is 4.23. The Kier molecular flexibility index (Phi) is 5.41. The maximum atomic E-state index is 12.7. The van der Waals surface area contributed by atoms with Gasteiger partial charge in [0.05, 0.1) is 18.0 Å². The Bertz CT molecular complexity index is 841. The fourth-order valence-corrected chi connectivity index (χ4v) is 3.01. The fourth-order valence-electron chi connectivity index (χ4n) is 3.01. The van der Waals surface area contributed by atoms with Crippen LogP contribution in [0.3, 0.4) is 0 Å². The van der Waals surface area contributed by atoms with Crippen LogP contribution in [0.15, 0.2) is 66.9 Å². The highest BCUT2D eigenvalue weighted by atomic mass is 16.1. The molecule has 3 aromatic rings. The predicted molar refractivity (Wildman–Crippen MR) is 101 cm³/mol. The van der Waals surface area contributed by atoms with Gasteiger partial charge in [-0.3, -0.25) is 9.78 Å². The van der Waals surface area contributed by atoms with Crippen molar-refractivity contribution in [3.8, 4) is 0 Å². The van der Waals surface area contributed by atoms with E-state index in [1.54, 1.807) is 6.20 Å². The summed E-state index contributed by atoms with van der Waals surface area (Å²) in [5.74, 6) is 0.00820. The highest BCUT2D eigenvalue weighted by Crippen LogP contribution is 2.18. The number of nitrogens with zero attached hydrogens (tertiary/aromatic N) is 2. The molecule has 0 saturated heterocycles. The molecule has 0 unspecified atom stereocenters. The van der Waals surface area contributed by atoms with Crippen LogP contribution in [0.2, 0.25) is 0 Å². The van der Waals surface area contributed by atoms with Crippen molar-refractivity contribution in [3.05, 3.63) is 78.0 Å². The molecular formula is C21H23N3O. The Labute approximate surface area is 148 Å². The van der Waals surface area contributed by atoms with Gasteiger partial charge >= 0.3 is 0 Å². The number of carbonyl (C=O) groups is 1. The van der Waals surface area contributed by atoms with Gasteiger partial charge in [-0.15, -0.1) is 0 Å². The zero-order valence-electron chi connectivity index (χ0n) is 14.6. The van der Waals surface area contributed by atoms with Gasteiger partial charge in [0, 0.05) is 18.1 Å². The number of pyridine rings is 1. The average molecular weight is 333 g/mol. The molecule has 0 aliphatic heterocycles. The topological polar surface area (TPSA) is 45.2 Å². The number of amides is 1. The van der Waals surface area contributed by atoms with E-state index < -0.39 is 0 Å². The summed E-state index contributed by atoms with van der Waals surface area (Å²) in [7, 11) is 4.02. The molecule has 1 heterocycles. The van der Waals surface area contributed by atoms with E-state index >= 15 is 0 Å². The second-order valence-electron chi connectivity index (χ2n) is 6.46. The Morgan fingerprint density at radius 1 is 1.04 bits per heavy atom. The van der Waals surface area contributed by atoms with Gasteiger partial charge in [-0.1, -0.05) is 54.6 Å². The molecule has 0 saturated carbocycles. The number of para-hydroxylation sites is 1. The van der Waals surface area contributed by atoms with Crippen molar-refractivity contribution in [3.63, 3.8) is 0 Å². The SMILES string of the molecule is CN(C)C[C@H](NC(=O)Cc1cccc2cccnc12)c1ccccc1. The van der Waals surface area contributed by atoms with Crippen molar-refractivity contribution >= 4 is 16.8 Å². The number of rotatable bonds is 6. The normalized spacial score (nSPS) is 12.3. The third kappa shape index (κ3) is 4.43. The molecule has 0 spiro atoms. The van der Waals surface area contributed by atoms with Gasteiger partial charge < -0.3 is 10.2 Å². The Hall–Kier alpha value is -2.72. The Morgan fingerprint density at radius 3 is 2.56 bits per heavy atom. The van der Waals surface area contributed by atoms with Crippen LogP contribution < -0.4 is 5.32 Å². The lowest BCUT2D eigenvalue weighted by atomic mass is 10.0. The van der Waals surface area contributed by atoms with Gasteiger partial charge in [0.25, 0.3) is 0 Å². The molecular weight excluding hydrogens is 310 g/mol. The number of hydrogen-bond donors (Lipinski definition) is 1. The molecule has 25 heavy (non-hydrogen) atoms. The Morgan fingerprint density at radius 2 is 1.80 bits per heavy atom. The monoisotopic (exact) mass is 333 g/mol. The lowest BCUT2D eigenvalue weighted by Gasteiger charge is -2.23. The number of aromatic nitrogens is 1. The zero-order valence-corrected chi connectivity index (χ0v) is 14.6. The highest BCUT2D eigenvalue weighted by molar-refractivity contribution is 5.87. The molecule has 4 heteroatoms. The number of likely N-dealkylation sites (N-methyl/N-ethyl adjacent to an activating group) is 1. The molecule has 1 atom stereocenters. The average Bonchev–Trinajstić information content (AvgIpc) is 2.62. The van der Waals surface area contributed by atoms with Gasteiger partial charge in [-0.25, -0.2) is 0 Å². The summed E-state index contributed by atoms with van der Waals surface area (Å²) in [6.45, 7) is 0.754. The van der Waals surface area contributed by atoms with Crippen LogP contribution in [0.25, 0.3) is 10.9 Å². The van der Waals surface area contributed by atoms with E-state index in [1.165, 1.54) is 0 Å². The molecule has 2 aromatic carbocycles. The van der Waals surface area contributed by atoms with Crippen LogP contribution >= 0.6 is 0 Å². The zero-order chi connectivity index (χ0) is 17.6. The summed E-state index contributed by atoms with van der Waals surface area (Å²) >= 11 is 0. The first-order valence-corrected chi connectivity index (χ1v) is 8.45. The standard InChI is InChI=1S/C21H23N3O/c1-24(2)15-19(16-8-4-3-5-9-16)23-20(25)14-18-11-6-10-17-12-7-13-22-21(17)18/h3-13,19H,14-15H2,1-2H3,(H,23,25)/t19-/m0/s1. The number of hydrogen-bond acceptors (Lipinski definition) is 3. The summed E-state index contributed by atoms with van der Waals surface area (Å²) in [6, 6.07) is 19.9. The number of benzene rings is 2. The second-order valence-corrected chi connectivity index (χ2v) is 6.46.